The van der Waals surface area contributed by atoms with Gasteiger partial charge in [0.15, 0.2) is 5.82 Å². The molecule has 0 unspecified atom stereocenters. The van der Waals surface area contributed by atoms with Crippen LogP contribution in [0.5, 0.6) is 5.88 Å². The number of rotatable bonds is 4. The number of carbonyl (C=O) groups is 2. The van der Waals surface area contributed by atoms with Gasteiger partial charge < -0.3 is 19.7 Å². The molecule has 2 aromatic rings. The Bertz CT molecular complexity index is 1090. The van der Waals surface area contributed by atoms with Crippen LogP contribution in [0.2, 0.25) is 0 Å². The summed E-state index contributed by atoms with van der Waals surface area (Å²) >= 11 is 0. The number of hydrogen-bond acceptors (Lipinski definition) is 7. The SMILES string of the molecule is Cn1cc(CN2CCC[C@]3(C[C@@H](Oc4ncccc4F)CO3)C2)cn1.O=C(O)C(F)(F)F.O=C(O)C(F)(F)F. The van der Waals surface area contributed by atoms with Crippen LogP contribution in [-0.4, -0.2) is 85.6 Å². The highest BCUT2D eigenvalue weighted by Gasteiger charge is 2.44. The number of hydrogen-bond donors (Lipinski definition) is 2. The summed E-state index contributed by atoms with van der Waals surface area (Å²) < 4.78 is 90.9. The zero-order valence-electron chi connectivity index (χ0n) is 20.4. The fourth-order valence-electron chi connectivity index (χ4n) is 3.92. The molecule has 2 fully saturated rings. The highest BCUT2D eigenvalue weighted by molar-refractivity contribution is 5.73. The number of piperidine rings is 1. The van der Waals surface area contributed by atoms with Crippen molar-refractivity contribution in [1.29, 1.82) is 0 Å². The molecule has 2 saturated heterocycles. The minimum Gasteiger partial charge on any atom is -0.475 e. The van der Waals surface area contributed by atoms with E-state index in [0.29, 0.717) is 6.61 Å². The number of halogens is 7. The summed E-state index contributed by atoms with van der Waals surface area (Å²) in [4.78, 5) is 24.2. The molecule has 0 radical (unpaired) electrons. The monoisotopic (exact) mass is 574 g/mol. The molecule has 2 aliphatic rings. The molecule has 1 spiro atoms. The first-order valence-electron chi connectivity index (χ1n) is 11.2. The third-order valence-corrected chi connectivity index (χ3v) is 5.45. The lowest BCUT2D eigenvalue weighted by Gasteiger charge is -2.39. The fraction of sp³-hybridized carbons (Fsp3) is 0.545. The van der Waals surface area contributed by atoms with Crippen molar-refractivity contribution < 1.29 is 60.0 Å². The van der Waals surface area contributed by atoms with Crippen LogP contribution in [0.4, 0.5) is 30.7 Å². The molecule has 39 heavy (non-hydrogen) atoms. The van der Waals surface area contributed by atoms with Crippen LogP contribution in [0.15, 0.2) is 30.7 Å². The van der Waals surface area contributed by atoms with Gasteiger partial charge in [0.2, 0.25) is 0 Å². The molecule has 0 aromatic carbocycles. The number of carboxylic acid groups (broad SMARTS) is 2. The summed E-state index contributed by atoms with van der Waals surface area (Å²) in [5.41, 5.74) is 1.01. The highest BCUT2D eigenvalue weighted by atomic mass is 19.4. The summed E-state index contributed by atoms with van der Waals surface area (Å²) in [6.07, 6.45) is -1.94. The normalized spacial score (nSPS) is 21.4. The standard InChI is InChI=1S/C18H23FN4O2.2C2HF3O2/c1-22-10-14(9-21-22)11-23-7-3-5-18(13-23)8-15(12-24-18)25-17-16(19)4-2-6-20-17;2*3-2(4,5)1(6)7/h2,4,6,9-10,15H,3,5,7-8,11-13H2,1H3;2*(H,6,7)/t15-,18+;;/m1../s1. The molecule has 2 aliphatic heterocycles. The first-order valence-corrected chi connectivity index (χ1v) is 11.2. The average Bonchev–Trinajstić information content (AvgIpc) is 3.40. The summed E-state index contributed by atoms with van der Waals surface area (Å²) in [7, 11) is 1.93. The van der Waals surface area contributed by atoms with Gasteiger partial charge in [-0.3, -0.25) is 9.58 Å². The number of aryl methyl sites for hydroxylation is 1. The van der Waals surface area contributed by atoms with Crippen LogP contribution >= 0.6 is 0 Å². The van der Waals surface area contributed by atoms with Crippen molar-refractivity contribution >= 4 is 11.9 Å². The molecule has 10 nitrogen and oxygen atoms in total. The summed E-state index contributed by atoms with van der Waals surface area (Å²) in [5, 5.41) is 18.5. The second kappa shape index (κ2) is 13.1. The van der Waals surface area contributed by atoms with Crippen molar-refractivity contribution in [3.05, 3.63) is 42.1 Å². The van der Waals surface area contributed by atoms with Gasteiger partial charge in [-0.05, 0) is 31.5 Å². The second-order valence-electron chi connectivity index (χ2n) is 8.67. The van der Waals surface area contributed by atoms with Crippen molar-refractivity contribution in [1.82, 2.24) is 19.7 Å². The minimum absolute atomic E-state index is 0.0659. The molecule has 0 amide bonds. The first kappa shape index (κ1) is 31.7. The molecule has 2 aromatic heterocycles. The number of ether oxygens (including phenoxy) is 2. The summed E-state index contributed by atoms with van der Waals surface area (Å²) in [5.74, 6) is -5.87. The van der Waals surface area contributed by atoms with Crippen molar-refractivity contribution in [3.8, 4) is 5.88 Å². The third-order valence-electron chi connectivity index (χ3n) is 5.45. The Balaban J connectivity index is 0.000000317. The average molecular weight is 574 g/mol. The topological polar surface area (TPSA) is 127 Å². The quantitative estimate of drug-likeness (QED) is 0.528. The van der Waals surface area contributed by atoms with Gasteiger partial charge in [0.05, 0.1) is 18.4 Å². The van der Waals surface area contributed by atoms with Gasteiger partial charge in [0.25, 0.3) is 5.88 Å². The van der Waals surface area contributed by atoms with E-state index in [-0.39, 0.29) is 17.6 Å². The zero-order valence-corrected chi connectivity index (χ0v) is 20.4. The molecule has 218 valence electrons. The van der Waals surface area contributed by atoms with E-state index in [9.17, 15) is 30.7 Å². The van der Waals surface area contributed by atoms with Crippen LogP contribution in [0.1, 0.15) is 24.8 Å². The fourth-order valence-corrected chi connectivity index (χ4v) is 3.92. The zero-order chi connectivity index (χ0) is 29.4. The summed E-state index contributed by atoms with van der Waals surface area (Å²) in [6, 6.07) is 2.93. The lowest BCUT2D eigenvalue weighted by atomic mass is 9.89. The van der Waals surface area contributed by atoms with Crippen molar-refractivity contribution in [2.45, 2.75) is 49.9 Å². The number of aliphatic carboxylic acids is 2. The number of alkyl halides is 6. The van der Waals surface area contributed by atoms with Crippen LogP contribution in [0.3, 0.4) is 0 Å². The van der Waals surface area contributed by atoms with Crippen molar-refractivity contribution in [3.63, 3.8) is 0 Å². The second-order valence-corrected chi connectivity index (χ2v) is 8.67. The van der Waals surface area contributed by atoms with Gasteiger partial charge in [-0.2, -0.15) is 31.4 Å². The Morgan fingerprint density at radius 3 is 2.31 bits per heavy atom. The Hall–Kier alpha value is -3.47. The van der Waals surface area contributed by atoms with Crippen LogP contribution in [0, 0.1) is 5.82 Å². The minimum atomic E-state index is -5.08. The maximum atomic E-state index is 13.7. The van der Waals surface area contributed by atoms with Gasteiger partial charge >= 0.3 is 24.3 Å². The predicted molar refractivity (Wildman–Crippen MR) is 117 cm³/mol. The molecule has 0 aliphatic carbocycles. The van der Waals surface area contributed by atoms with E-state index in [2.05, 4.69) is 15.0 Å². The summed E-state index contributed by atoms with van der Waals surface area (Å²) in [6.45, 7) is 3.28. The number of pyridine rings is 1. The van der Waals surface area contributed by atoms with E-state index < -0.39 is 30.1 Å². The Morgan fingerprint density at radius 1 is 1.18 bits per heavy atom. The maximum Gasteiger partial charge on any atom is 0.490 e. The number of carboxylic acids is 2. The van der Waals surface area contributed by atoms with Crippen molar-refractivity contribution in [2.24, 2.45) is 7.05 Å². The van der Waals surface area contributed by atoms with Crippen LogP contribution < -0.4 is 4.74 Å². The Morgan fingerprint density at radius 2 is 1.79 bits per heavy atom. The molecule has 2 atom stereocenters. The van der Waals surface area contributed by atoms with Crippen molar-refractivity contribution in [2.75, 3.05) is 19.7 Å². The van der Waals surface area contributed by atoms with E-state index in [1.165, 1.54) is 11.6 Å². The Kier molecular flexibility index (Phi) is 10.6. The first-order chi connectivity index (χ1) is 18.0. The van der Waals surface area contributed by atoms with E-state index in [0.717, 1.165) is 38.9 Å². The smallest absolute Gasteiger partial charge is 0.475 e. The van der Waals surface area contributed by atoms with Gasteiger partial charge in [-0.15, -0.1) is 0 Å². The van der Waals surface area contributed by atoms with Crippen LogP contribution in [0.25, 0.3) is 0 Å². The number of nitrogens with zero attached hydrogens (tertiary/aromatic N) is 4. The van der Waals surface area contributed by atoms with E-state index in [4.69, 9.17) is 29.3 Å². The molecular weight excluding hydrogens is 549 g/mol. The lowest BCUT2D eigenvalue weighted by Crippen LogP contribution is -2.47. The number of likely N-dealkylation sites (tertiary alicyclic amines) is 1. The molecule has 2 N–H and O–H groups in total. The lowest BCUT2D eigenvalue weighted by molar-refractivity contribution is -0.193. The van der Waals surface area contributed by atoms with E-state index in [1.54, 1.807) is 12.3 Å². The maximum absolute atomic E-state index is 13.7. The van der Waals surface area contributed by atoms with Gasteiger partial charge in [0.1, 0.15) is 6.10 Å². The predicted octanol–water partition coefficient (Wildman–Crippen LogP) is 3.42. The molecule has 0 bridgehead atoms. The van der Waals surface area contributed by atoms with Gasteiger partial charge in [-0.1, -0.05) is 0 Å². The van der Waals surface area contributed by atoms with Gasteiger partial charge in [0, 0.05) is 44.5 Å². The van der Waals surface area contributed by atoms with Gasteiger partial charge in [-0.25, -0.2) is 19.0 Å². The molecule has 4 rings (SSSR count). The van der Waals surface area contributed by atoms with Crippen LogP contribution in [-0.2, 0) is 27.9 Å². The number of aromatic nitrogens is 3. The molecule has 17 heteroatoms. The third kappa shape index (κ3) is 10.3. The molecular formula is C22H25F7N4O6. The van der Waals surface area contributed by atoms with E-state index >= 15 is 0 Å². The molecule has 4 heterocycles. The Labute approximate surface area is 216 Å². The molecule has 0 saturated carbocycles. The highest BCUT2D eigenvalue weighted by Crippen LogP contribution is 2.36. The van der Waals surface area contributed by atoms with E-state index in [1.807, 2.05) is 24.1 Å². The largest absolute Gasteiger partial charge is 0.490 e.